The maximum Gasteiger partial charge on any atom is 0.0409 e. The zero-order valence-corrected chi connectivity index (χ0v) is 11.8. The molecule has 0 amide bonds. The monoisotopic (exact) mass is 259 g/mol. The molecule has 0 saturated heterocycles. The first kappa shape index (κ1) is 13.1. The van der Waals surface area contributed by atoms with Crippen LogP contribution < -0.4 is 5.32 Å². The van der Waals surface area contributed by atoms with Gasteiger partial charge in [-0.3, -0.25) is 0 Å². The van der Waals surface area contributed by atoms with Crippen molar-refractivity contribution in [3.05, 3.63) is 58.1 Å². The van der Waals surface area contributed by atoms with Crippen molar-refractivity contribution in [2.75, 3.05) is 7.05 Å². The molecule has 0 unspecified atom stereocenters. The van der Waals surface area contributed by atoms with E-state index in [1.165, 1.54) is 27.8 Å². The summed E-state index contributed by atoms with van der Waals surface area (Å²) in [6.07, 6.45) is 0. The van der Waals surface area contributed by atoms with Crippen LogP contribution in [0.5, 0.6) is 0 Å². The highest BCUT2D eigenvalue weighted by atomic mass is 35.5. The lowest BCUT2D eigenvalue weighted by Gasteiger charge is -2.11. The Kier molecular flexibility index (Phi) is 4.05. The first-order chi connectivity index (χ1) is 8.60. The molecule has 0 spiro atoms. The van der Waals surface area contributed by atoms with Crippen LogP contribution in [0.15, 0.2) is 36.4 Å². The van der Waals surface area contributed by atoms with Gasteiger partial charge in [0.1, 0.15) is 0 Å². The molecule has 0 aliphatic heterocycles. The van der Waals surface area contributed by atoms with Gasteiger partial charge in [0.05, 0.1) is 0 Å². The van der Waals surface area contributed by atoms with E-state index in [-0.39, 0.29) is 0 Å². The number of aryl methyl sites for hydroxylation is 2. The Labute approximate surface area is 114 Å². The highest BCUT2D eigenvalue weighted by Crippen LogP contribution is 2.28. The Bertz CT molecular complexity index is 541. The van der Waals surface area contributed by atoms with E-state index in [0.29, 0.717) is 0 Å². The van der Waals surface area contributed by atoms with E-state index < -0.39 is 0 Å². The van der Waals surface area contributed by atoms with Crippen LogP contribution in [0, 0.1) is 13.8 Å². The van der Waals surface area contributed by atoms with Crippen LogP contribution in [0.4, 0.5) is 0 Å². The fourth-order valence-electron chi connectivity index (χ4n) is 2.31. The highest BCUT2D eigenvalue weighted by Gasteiger charge is 2.06. The summed E-state index contributed by atoms with van der Waals surface area (Å²) >= 11 is 6.07. The zero-order chi connectivity index (χ0) is 13.1. The summed E-state index contributed by atoms with van der Waals surface area (Å²) in [4.78, 5) is 0. The summed E-state index contributed by atoms with van der Waals surface area (Å²) in [6.45, 7) is 5.08. The molecule has 18 heavy (non-hydrogen) atoms. The lowest BCUT2D eigenvalue weighted by Crippen LogP contribution is -2.06. The number of nitrogens with one attached hydrogen (secondary N) is 1. The number of hydrogen-bond acceptors (Lipinski definition) is 1. The van der Waals surface area contributed by atoms with E-state index in [4.69, 9.17) is 11.6 Å². The van der Waals surface area contributed by atoms with E-state index in [2.05, 4.69) is 43.4 Å². The Morgan fingerprint density at radius 1 is 1.00 bits per heavy atom. The minimum atomic E-state index is 0.786. The molecule has 0 bridgehead atoms. The second-order valence-corrected chi connectivity index (χ2v) is 5.14. The average molecular weight is 260 g/mol. The molecule has 0 aliphatic rings. The van der Waals surface area contributed by atoms with Gasteiger partial charge in [0.25, 0.3) is 0 Å². The van der Waals surface area contributed by atoms with Crippen molar-refractivity contribution in [3.8, 4) is 11.1 Å². The first-order valence-electron chi connectivity index (χ1n) is 6.12. The minimum absolute atomic E-state index is 0.786. The molecule has 0 heterocycles. The summed E-state index contributed by atoms with van der Waals surface area (Å²) in [5, 5.41) is 3.98. The van der Waals surface area contributed by atoms with Crippen molar-refractivity contribution in [3.63, 3.8) is 0 Å². The highest BCUT2D eigenvalue weighted by molar-refractivity contribution is 6.30. The third-order valence-electron chi connectivity index (χ3n) is 2.97. The lowest BCUT2D eigenvalue weighted by molar-refractivity contribution is 0.819. The third kappa shape index (κ3) is 2.92. The van der Waals surface area contributed by atoms with Crippen LogP contribution in [0.3, 0.4) is 0 Å². The Hall–Kier alpha value is -1.31. The fraction of sp³-hybridized carbons (Fsp3) is 0.250. The molecule has 0 aromatic heterocycles. The normalized spacial score (nSPS) is 10.7. The van der Waals surface area contributed by atoms with Gasteiger partial charge < -0.3 is 5.32 Å². The standard InChI is InChI=1S/C16H18ClN/c1-11-6-12(2)8-13(7-11)16-5-4-15(17)9-14(16)10-18-3/h4-9,18H,10H2,1-3H3. The summed E-state index contributed by atoms with van der Waals surface area (Å²) in [6, 6.07) is 12.7. The van der Waals surface area contributed by atoms with Crippen LogP contribution in [-0.2, 0) is 6.54 Å². The number of benzene rings is 2. The molecule has 0 fully saturated rings. The van der Waals surface area contributed by atoms with Gasteiger partial charge in [-0.15, -0.1) is 0 Å². The quantitative estimate of drug-likeness (QED) is 0.865. The van der Waals surface area contributed by atoms with Crippen LogP contribution in [0.1, 0.15) is 16.7 Å². The predicted molar refractivity (Wildman–Crippen MR) is 79.1 cm³/mol. The van der Waals surface area contributed by atoms with Crippen molar-refractivity contribution in [2.24, 2.45) is 0 Å². The SMILES string of the molecule is CNCc1cc(Cl)ccc1-c1cc(C)cc(C)c1. The average Bonchev–Trinajstić information content (AvgIpc) is 2.28. The molecule has 0 atom stereocenters. The maximum absolute atomic E-state index is 6.07. The van der Waals surface area contributed by atoms with E-state index in [0.717, 1.165) is 11.6 Å². The molecule has 1 N–H and O–H groups in total. The summed E-state index contributed by atoms with van der Waals surface area (Å²) in [5.41, 5.74) is 6.32. The summed E-state index contributed by atoms with van der Waals surface area (Å²) in [7, 11) is 1.95. The van der Waals surface area contributed by atoms with E-state index in [9.17, 15) is 0 Å². The van der Waals surface area contributed by atoms with E-state index >= 15 is 0 Å². The zero-order valence-electron chi connectivity index (χ0n) is 11.0. The molecule has 0 saturated carbocycles. The third-order valence-corrected chi connectivity index (χ3v) is 3.20. The second-order valence-electron chi connectivity index (χ2n) is 4.71. The Morgan fingerprint density at radius 2 is 1.67 bits per heavy atom. The Morgan fingerprint density at radius 3 is 2.28 bits per heavy atom. The smallest absolute Gasteiger partial charge is 0.0409 e. The van der Waals surface area contributed by atoms with Crippen LogP contribution in [0.2, 0.25) is 5.02 Å². The summed E-state index contributed by atoms with van der Waals surface area (Å²) < 4.78 is 0. The van der Waals surface area contributed by atoms with E-state index in [1.54, 1.807) is 0 Å². The molecule has 2 rings (SSSR count). The molecule has 2 aromatic rings. The van der Waals surface area contributed by atoms with Crippen molar-refractivity contribution in [1.29, 1.82) is 0 Å². The molecule has 1 nitrogen and oxygen atoms in total. The van der Waals surface area contributed by atoms with Crippen LogP contribution in [0.25, 0.3) is 11.1 Å². The van der Waals surface area contributed by atoms with Gasteiger partial charge in [-0.25, -0.2) is 0 Å². The second kappa shape index (κ2) is 5.55. The molecule has 2 heteroatoms. The molecule has 0 radical (unpaired) electrons. The van der Waals surface area contributed by atoms with Gasteiger partial charge in [0, 0.05) is 11.6 Å². The largest absolute Gasteiger partial charge is 0.316 e. The molecule has 94 valence electrons. The van der Waals surface area contributed by atoms with Crippen LogP contribution in [-0.4, -0.2) is 7.05 Å². The van der Waals surface area contributed by atoms with Gasteiger partial charge in [-0.1, -0.05) is 47.0 Å². The van der Waals surface area contributed by atoms with Crippen LogP contribution >= 0.6 is 11.6 Å². The Balaban J connectivity index is 2.55. The fourth-order valence-corrected chi connectivity index (χ4v) is 2.51. The molecule has 2 aromatic carbocycles. The molecule has 0 aliphatic carbocycles. The summed E-state index contributed by atoms with van der Waals surface area (Å²) in [5.74, 6) is 0. The topological polar surface area (TPSA) is 12.0 Å². The van der Waals surface area contributed by atoms with E-state index in [1.807, 2.05) is 19.2 Å². The minimum Gasteiger partial charge on any atom is -0.316 e. The van der Waals surface area contributed by atoms with Gasteiger partial charge in [-0.2, -0.15) is 0 Å². The number of hydrogen-bond donors (Lipinski definition) is 1. The first-order valence-corrected chi connectivity index (χ1v) is 6.49. The number of rotatable bonds is 3. The van der Waals surface area contributed by atoms with Gasteiger partial charge in [0.15, 0.2) is 0 Å². The predicted octanol–water partition coefficient (Wildman–Crippen LogP) is 4.34. The molecular formula is C16H18ClN. The molecular weight excluding hydrogens is 242 g/mol. The lowest BCUT2D eigenvalue weighted by atomic mass is 9.96. The van der Waals surface area contributed by atoms with Gasteiger partial charge in [-0.05, 0) is 49.7 Å². The van der Waals surface area contributed by atoms with Gasteiger partial charge in [0.2, 0.25) is 0 Å². The number of halogens is 1. The van der Waals surface area contributed by atoms with Crippen molar-refractivity contribution < 1.29 is 0 Å². The van der Waals surface area contributed by atoms with Crippen molar-refractivity contribution in [2.45, 2.75) is 20.4 Å². The maximum atomic E-state index is 6.07. The van der Waals surface area contributed by atoms with Gasteiger partial charge >= 0.3 is 0 Å². The van der Waals surface area contributed by atoms with Crippen molar-refractivity contribution >= 4 is 11.6 Å². The van der Waals surface area contributed by atoms with Crippen molar-refractivity contribution in [1.82, 2.24) is 5.32 Å².